The third kappa shape index (κ3) is 5.08. The van der Waals surface area contributed by atoms with Crippen molar-refractivity contribution in [3.63, 3.8) is 0 Å². The molecule has 0 unspecified atom stereocenters. The first-order valence-electron chi connectivity index (χ1n) is 10.4. The van der Waals surface area contributed by atoms with Gasteiger partial charge in [-0.25, -0.2) is 9.59 Å². The van der Waals surface area contributed by atoms with Crippen LogP contribution in [0.4, 0.5) is 4.79 Å². The van der Waals surface area contributed by atoms with Crippen LogP contribution in [0.3, 0.4) is 0 Å². The number of esters is 1. The van der Waals surface area contributed by atoms with E-state index in [0.29, 0.717) is 22.2 Å². The fourth-order valence-electron chi connectivity index (χ4n) is 3.68. The second-order valence-electron chi connectivity index (χ2n) is 7.33. The SMILES string of the molecule is CCOC(=O)C1=C(CSc2nnc(CN3CCCC3)n2-c2ccccc2)NC(=O)NC1. The lowest BCUT2D eigenvalue weighted by atomic mass is 10.2. The van der Waals surface area contributed by atoms with E-state index in [-0.39, 0.29) is 19.2 Å². The highest BCUT2D eigenvalue weighted by molar-refractivity contribution is 7.99. The molecule has 2 aromatic rings. The summed E-state index contributed by atoms with van der Waals surface area (Å²) in [6, 6.07) is 9.66. The van der Waals surface area contributed by atoms with Crippen LogP contribution in [-0.4, -0.2) is 63.7 Å². The summed E-state index contributed by atoms with van der Waals surface area (Å²) in [5.41, 5.74) is 1.95. The molecule has 0 saturated carbocycles. The minimum atomic E-state index is -0.426. The number of aromatic nitrogens is 3. The highest BCUT2D eigenvalue weighted by Crippen LogP contribution is 2.26. The van der Waals surface area contributed by atoms with Crippen molar-refractivity contribution in [3.05, 3.63) is 47.4 Å². The van der Waals surface area contributed by atoms with Crippen LogP contribution in [0.2, 0.25) is 0 Å². The van der Waals surface area contributed by atoms with E-state index in [2.05, 4.69) is 30.3 Å². The van der Waals surface area contributed by atoms with Gasteiger partial charge in [0.15, 0.2) is 11.0 Å². The van der Waals surface area contributed by atoms with Gasteiger partial charge in [0, 0.05) is 17.1 Å². The molecule has 1 aromatic heterocycles. The lowest BCUT2D eigenvalue weighted by molar-refractivity contribution is -0.138. The van der Waals surface area contributed by atoms with Crippen molar-refractivity contribution in [2.45, 2.75) is 31.5 Å². The molecule has 2 N–H and O–H groups in total. The van der Waals surface area contributed by atoms with Crippen LogP contribution in [0.1, 0.15) is 25.6 Å². The first-order valence-corrected chi connectivity index (χ1v) is 11.4. The molecule has 2 aliphatic heterocycles. The second kappa shape index (κ2) is 9.97. The summed E-state index contributed by atoms with van der Waals surface area (Å²) in [7, 11) is 0. The molecule has 0 radical (unpaired) electrons. The Balaban J connectivity index is 1.59. The first kappa shape index (κ1) is 21.4. The fraction of sp³-hybridized carbons (Fsp3) is 0.429. The number of hydrogen-bond acceptors (Lipinski definition) is 7. The van der Waals surface area contributed by atoms with E-state index in [1.54, 1.807) is 6.92 Å². The van der Waals surface area contributed by atoms with Gasteiger partial charge >= 0.3 is 12.0 Å². The summed E-state index contributed by atoms with van der Waals surface area (Å²) in [5, 5.41) is 15.0. The van der Waals surface area contributed by atoms with Crippen molar-refractivity contribution in [2.24, 2.45) is 0 Å². The smallest absolute Gasteiger partial charge is 0.337 e. The number of rotatable bonds is 8. The molecule has 2 aliphatic rings. The van der Waals surface area contributed by atoms with Crippen LogP contribution in [0.15, 0.2) is 46.8 Å². The molecule has 4 rings (SSSR count). The van der Waals surface area contributed by atoms with Crippen molar-refractivity contribution in [1.29, 1.82) is 0 Å². The van der Waals surface area contributed by atoms with E-state index in [1.165, 1.54) is 24.6 Å². The van der Waals surface area contributed by atoms with Crippen LogP contribution in [0.25, 0.3) is 5.69 Å². The Hall–Kier alpha value is -2.85. The number of likely N-dealkylation sites (tertiary alicyclic amines) is 1. The maximum Gasteiger partial charge on any atom is 0.337 e. The van der Waals surface area contributed by atoms with Crippen molar-refractivity contribution >= 4 is 23.8 Å². The average Bonchev–Trinajstić information content (AvgIpc) is 3.43. The van der Waals surface area contributed by atoms with Gasteiger partial charge in [0.05, 0.1) is 25.3 Å². The maximum absolute atomic E-state index is 12.3. The number of hydrogen-bond donors (Lipinski definition) is 2. The number of urea groups is 1. The lowest BCUT2D eigenvalue weighted by Gasteiger charge is -2.21. The number of ether oxygens (including phenoxy) is 1. The number of nitrogens with one attached hydrogen (secondary N) is 2. The first-order chi connectivity index (χ1) is 15.2. The highest BCUT2D eigenvalue weighted by Gasteiger charge is 2.25. The largest absolute Gasteiger partial charge is 0.463 e. The predicted molar refractivity (Wildman–Crippen MR) is 117 cm³/mol. The Bertz CT molecular complexity index is 969. The van der Waals surface area contributed by atoms with Gasteiger partial charge in [-0.15, -0.1) is 10.2 Å². The summed E-state index contributed by atoms with van der Waals surface area (Å²) in [4.78, 5) is 26.5. The second-order valence-corrected chi connectivity index (χ2v) is 8.27. The minimum absolute atomic E-state index is 0.145. The van der Waals surface area contributed by atoms with Gasteiger partial charge in [0.1, 0.15) is 0 Å². The number of thioether (sulfide) groups is 1. The molecule has 0 spiro atoms. The quantitative estimate of drug-likeness (QED) is 0.477. The van der Waals surface area contributed by atoms with E-state index in [9.17, 15) is 9.59 Å². The molecule has 1 saturated heterocycles. The van der Waals surface area contributed by atoms with E-state index in [4.69, 9.17) is 4.74 Å². The topological polar surface area (TPSA) is 101 Å². The number of amides is 2. The predicted octanol–water partition coefficient (Wildman–Crippen LogP) is 2.09. The number of para-hydroxylation sites is 1. The van der Waals surface area contributed by atoms with Crippen molar-refractivity contribution in [3.8, 4) is 5.69 Å². The molecule has 3 heterocycles. The van der Waals surface area contributed by atoms with E-state index < -0.39 is 5.97 Å². The molecule has 9 nitrogen and oxygen atoms in total. The molecular formula is C21H26N6O3S. The summed E-state index contributed by atoms with van der Waals surface area (Å²) >= 11 is 1.43. The van der Waals surface area contributed by atoms with Gasteiger partial charge in [-0.2, -0.15) is 0 Å². The standard InChI is InChI=1S/C21H26N6O3S/c1-2-30-19(28)16-12-22-20(29)23-17(16)14-31-21-25-24-18(13-26-10-6-7-11-26)27(21)15-8-4-3-5-9-15/h3-5,8-9H,2,6-7,10-14H2,1H3,(H2,22,23,29). The Morgan fingerprint density at radius 3 is 2.71 bits per heavy atom. The van der Waals surface area contributed by atoms with Crippen molar-refractivity contribution in [2.75, 3.05) is 32.0 Å². The fourth-order valence-corrected chi connectivity index (χ4v) is 4.64. The molecule has 31 heavy (non-hydrogen) atoms. The lowest BCUT2D eigenvalue weighted by Crippen LogP contribution is -2.44. The zero-order valence-corrected chi connectivity index (χ0v) is 18.3. The molecule has 10 heteroatoms. The normalized spacial score (nSPS) is 16.9. The molecule has 164 valence electrons. The molecular weight excluding hydrogens is 416 g/mol. The Labute approximate surface area is 185 Å². The van der Waals surface area contributed by atoms with Gasteiger partial charge in [0.25, 0.3) is 0 Å². The van der Waals surface area contributed by atoms with Gasteiger partial charge in [-0.05, 0) is 45.0 Å². The molecule has 2 amide bonds. The summed E-state index contributed by atoms with van der Waals surface area (Å²) in [6.45, 7) is 5.05. The Morgan fingerprint density at radius 2 is 1.97 bits per heavy atom. The van der Waals surface area contributed by atoms with Crippen LogP contribution in [0, 0.1) is 0 Å². The third-order valence-electron chi connectivity index (χ3n) is 5.20. The van der Waals surface area contributed by atoms with Crippen LogP contribution >= 0.6 is 11.8 Å². The van der Waals surface area contributed by atoms with E-state index in [0.717, 1.165) is 31.1 Å². The molecule has 1 fully saturated rings. The van der Waals surface area contributed by atoms with Gasteiger partial charge in [0.2, 0.25) is 0 Å². The summed E-state index contributed by atoms with van der Waals surface area (Å²) in [6.07, 6.45) is 2.42. The molecule has 0 aliphatic carbocycles. The number of nitrogens with zero attached hydrogens (tertiary/aromatic N) is 4. The highest BCUT2D eigenvalue weighted by atomic mass is 32.2. The zero-order chi connectivity index (χ0) is 21.6. The van der Waals surface area contributed by atoms with Crippen LogP contribution in [0.5, 0.6) is 0 Å². The van der Waals surface area contributed by atoms with Crippen molar-refractivity contribution < 1.29 is 14.3 Å². The van der Waals surface area contributed by atoms with E-state index >= 15 is 0 Å². The monoisotopic (exact) mass is 442 g/mol. The molecule has 0 atom stereocenters. The molecule has 1 aromatic carbocycles. The van der Waals surface area contributed by atoms with Gasteiger partial charge < -0.3 is 15.4 Å². The number of carbonyl (C=O) groups is 2. The summed E-state index contributed by atoms with van der Waals surface area (Å²) in [5.74, 6) is 0.824. The van der Waals surface area contributed by atoms with Crippen molar-refractivity contribution in [1.82, 2.24) is 30.3 Å². The van der Waals surface area contributed by atoms with Gasteiger partial charge in [-0.1, -0.05) is 30.0 Å². The van der Waals surface area contributed by atoms with Crippen LogP contribution in [-0.2, 0) is 16.1 Å². The van der Waals surface area contributed by atoms with Crippen LogP contribution < -0.4 is 10.6 Å². The zero-order valence-electron chi connectivity index (χ0n) is 17.5. The number of carbonyl (C=O) groups excluding carboxylic acids is 2. The average molecular weight is 443 g/mol. The third-order valence-corrected chi connectivity index (χ3v) is 6.16. The Morgan fingerprint density at radius 1 is 1.19 bits per heavy atom. The molecule has 0 bridgehead atoms. The van der Waals surface area contributed by atoms with E-state index in [1.807, 2.05) is 30.3 Å². The minimum Gasteiger partial charge on any atom is -0.463 e. The number of benzene rings is 1. The maximum atomic E-state index is 12.3. The van der Waals surface area contributed by atoms with Gasteiger partial charge in [-0.3, -0.25) is 9.47 Å². The summed E-state index contributed by atoms with van der Waals surface area (Å²) < 4.78 is 7.19. The Kier molecular flexibility index (Phi) is 6.88.